The molecule has 0 atom stereocenters. The minimum atomic E-state index is -3.56. The molecule has 0 saturated heterocycles. The minimum absolute atomic E-state index is 0.239. The van der Waals surface area contributed by atoms with Crippen LogP contribution in [-0.2, 0) is 16.6 Å². The van der Waals surface area contributed by atoms with Crippen LogP contribution < -0.4 is 14.4 Å². The van der Waals surface area contributed by atoms with E-state index >= 15 is 0 Å². The summed E-state index contributed by atoms with van der Waals surface area (Å²) >= 11 is 0. The lowest BCUT2D eigenvalue weighted by atomic mass is 10.1. The Morgan fingerprint density at radius 3 is 2.17 bits per heavy atom. The average molecular weight is 420 g/mol. The van der Waals surface area contributed by atoms with Crippen LogP contribution in [0.1, 0.15) is 29.3 Å². The Hall–Kier alpha value is -2.58. The van der Waals surface area contributed by atoms with E-state index in [2.05, 4.69) is 12.2 Å². The third kappa shape index (κ3) is 6.20. The van der Waals surface area contributed by atoms with Crippen molar-refractivity contribution in [3.05, 3.63) is 59.7 Å². The van der Waals surface area contributed by atoms with Gasteiger partial charge >= 0.3 is 10.2 Å². The smallest absolute Gasteiger partial charge is 0.303 e. The van der Waals surface area contributed by atoms with Crippen molar-refractivity contribution in [2.45, 2.75) is 19.8 Å². The second-order valence-corrected chi connectivity index (χ2v) is 8.98. The molecule has 2 rings (SSSR count). The number of benzene rings is 2. The number of hydrogen-bond acceptors (Lipinski definition) is 4. The number of amides is 1. The van der Waals surface area contributed by atoms with Gasteiger partial charge in [-0.1, -0.05) is 25.5 Å². The fraction of sp³-hybridized carbons (Fsp3) is 0.381. The van der Waals surface area contributed by atoms with Crippen molar-refractivity contribution in [3.63, 3.8) is 0 Å². The number of hydrogen-bond donors (Lipinski definition) is 1. The van der Waals surface area contributed by atoms with Gasteiger partial charge in [0.05, 0.1) is 12.2 Å². The Kier molecular flexibility index (Phi) is 8.04. The molecule has 0 aliphatic rings. The molecule has 158 valence electrons. The SMILES string of the molecule is CCCc1ccc(OCCNC(=O)c2ccc(N(C)S(=O)(=O)N(C)C)cc2)cc1. The summed E-state index contributed by atoms with van der Waals surface area (Å²) in [5, 5.41) is 2.79. The molecular weight excluding hydrogens is 390 g/mol. The molecular formula is C21H29N3O4S. The molecule has 8 heteroatoms. The summed E-state index contributed by atoms with van der Waals surface area (Å²) in [6.07, 6.45) is 2.15. The molecule has 0 aromatic heterocycles. The maximum Gasteiger partial charge on any atom is 0.303 e. The average Bonchev–Trinajstić information content (AvgIpc) is 2.72. The fourth-order valence-corrected chi connectivity index (χ4v) is 3.56. The summed E-state index contributed by atoms with van der Waals surface area (Å²) in [4.78, 5) is 12.3. The maximum absolute atomic E-state index is 12.3. The van der Waals surface area contributed by atoms with Gasteiger partial charge in [-0.25, -0.2) is 0 Å². The molecule has 2 aromatic rings. The third-order valence-electron chi connectivity index (χ3n) is 4.42. The summed E-state index contributed by atoms with van der Waals surface area (Å²) in [7, 11) is 0.840. The second-order valence-electron chi connectivity index (χ2n) is 6.80. The third-order valence-corrected chi connectivity index (χ3v) is 6.24. The summed E-state index contributed by atoms with van der Waals surface area (Å²) in [6.45, 7) is 2.87. The monoisotopic (exact) mass is 419 g/mol. The summed E-state index contributed by atoms with van der Waals surface area (Å²) < 4.78 is 32.2. The number of carbonyl (C=O) groups excluding carboxylic acids is 1. The second kappa shape index (κ2) is 10.3. The number of aryl methyl sites for hydroxylation is 1. The lowest BCUT2D eigenvalue weighted by Crippen LogP contribution is -2.37. The minimum Gasteiger partial charge on any atom is -0.492 e. The molecule has 0 radical (unpaired) electrons. The number of nitrogens with one attached hydrogen (secondary N) is 1. The van der Waals surface area contributed by atoms with Crippen LogP contribution in [-0.4, -0.2) is 52.9 Å². The van der Waals surface area contributed by atoms with Gasteiger partial charge in [0.1, 0.15) is 12.4 Å². The molecule has 1 N–H and O–H groups in total. The number of anilines is 1. The first-order chi connectivity index (χ1) is 13.8. The van der Waals surface area contributed by atoms with Crippen molar-refractivity contribution in [1.29, 1.82) is 0 Å². The number of nitrogens with zero attached hydrogens (tertiary/aromatic N) is 2. The van der Waals surface area contributed by atoms with Crippen LogP contribution >= 0.6 is 0 Å². The van der Waals surface area contributed by atoms with Gasteiger partial charge < -0.3 is 10.1 Å². The van der Waals surface area contributed by atoms with E-state index in [-0.39, 0.29) is 5.91 Å². The Morgan fingerprint density at radius 2 is 1.62 bits per heavy atom. The molecule has 0 unspecified atom stereocenters. The Morgan fingerprint density at radius 1 is 1.00 bits per heavy atom. The molecule has 0 saturated carbocycles. The Balaban J connectivity index is 1.83. The van der Waals surface area contributed by atoms with Gasteiger partial charge in [-0.05, 0) is 48.4 Å². The van der Waals surface area contributed by atoms with E-state index in [9.17, 15) is 13.2 Å². The highest BCUT2D eigenvalue weighted by atomic mass is 32.2. The van der Waals surface area contributed by atoms with E-state index in [0.717, 1.165) is 27.2 Å². The first-order valence-electron chi connectivity index (χ1n) is 9.52. The van der Waals surface area contributed by atoms with Crippen molar-refractivity contribution >= 4 is 21.8 Å². The molecule has 1 amide bonds. The molecule has 0 aliphatic heterocycles. The van der Waals surface area contributed by atoms with Crippen LogP contribution in [0, 0.1) is 0 Å². The zero-order valence-electron chi connectivity index (χ0n) is 17.4. The molecule has 29 heavy (non-hydrogen) atoms. The molecule has 7 nitrogen and oxygen atoms in total. The Bertz CT molecular complexity index is 895. The lowest BCUT2D eigenvalue weighted by Gasteiger charge is -2.23. The van der Waals surface area contributed by atoms with Crippen LogP contribution in [0.15, 0.2) is 48.5 Å². The van der Waals surface area contributed by atoms with E-state index in [0.29, 0.717) is 24.4 Å². The fourth-order valence-electron chi connectivity index (χ4n) is 2.68. The molecule has 2 aromatic carbocycles. The van der Waals surface area contributed by atoms with Crippen LogP contribution in [0.2, 0.25) is 0 Å². The van der Waals surface area contributed by atoms with Crippen LogP contribution in [0.5, 0.6) is 5.75 Å². The first-order valence-corrected chi connectivity index (χ1v) is 10.9. The highest BCUT2D eigenvalue weighted by Gasteiger charge is 2.21. The van der Waals surface area contributed by atoms with Gasteiger partial charge in [-0.3, -0.25) is 9.10 Å². The maximum atomic E-state index is 12.3. The molecule has 0 aliphatic carbocycles. The lowest BCUT2D eigenvalue weighted by molar-refractivity contribution is 0.0947. The van der Waals surface area contributed by atoms with Crippen LogP contribution in [0.4, 0.5) is 5.69 Å². The summed E-state index contributed by atoms with van der Waals surface area (Å²) in [5.74, 6) is 0.533. The predicted octanol–water partition coefficient (Wildman–Crippen LogP) is 2.69. The highest BCUT2D eigenvalue weighted by Crippen LogP contribution is 2.18. The van der Waals surface area contributed by atoms with E-state index < -0.39 is 10.2 Å². The van der Waals surface area contributed by atoms with Crippen molar-refractivity contribution in [1.82, 2.24) is 9.62 Å². The summed E-state index contributed by atoms with van der Waals surface area (Å²) in [5.41, 5.74) is 2.21. The zero-order chi connectivity index (χ0) is 21.4. The van der Waals surface area contributed by atoms with Gasteiger partial charge in [-0.2, -0.15) is 12.7 Å². The van der Waals surface area contributed by atoms with Crippen molar-refractivity contribution < 1.29 is 17.9 Å². The van der Waals surface area contributed by atoms with Gasteiger partial charge in [0, 0.05) is 26.7 Å². The number of rotatable bonds is 10. The van der Waals surface area contributed by atoms with Crippen LogP contribution in [0.3, 0.4) is 0 Å². The number of carbonyl (C=O) groups is 1. The predicted molar refractivity (Wildman–Crippen MR) is 116 cm³/mol. The normalized spacial score (nSPS) is 11.3. The van der Waals surface area contributed by atoms with Crippen molar-refractivity contribution in [2.75, 3.05) is 38.6 Å². The van der Waals surface area contributed by atoms with E-state index in [1.54, 1.807) is 24.3 Å². The largest absolute Gasteiger partial charge is 0.492 e. The summed E-state index contributed by atoms with van der Waals surface area (Å²) in [6, 6.07) is 14.4. The quantitative estimate of drug-likeness (QED) is 0.601. The van der Waals surface area contributed by atoms with Crippen molar-refractivity contribution in [3.8, 4) is 5.75 Å². The van der Waals surface area contributed by atoms with E-state index in [1.807, 2.05) is 24.3 Å². The van der Waals surface area contributed by atoms with Gasteiger partial charge in [-0.15, -0.1) is 0 Å². The molecule has 0 spiro atoms. The first kappa shape index (κ1) is 22.7. The topological polar surface area (TPSA) is 79.0 Å². The van der Waals surface area contributed by atoms with Crippen LogP contribution in [0.25, 0.3) is 0 Å². The molecule has 0 fully saturated rings. The number of ether oxygens (including phenoxy) is 1. The van der Waals surface area contributed by atoms with Gasteiger partial charge in [0.2, 0.25) is 0 Å². The molecule has 0 heterocycles. The molecule has 0 bridgehead atoms. The zero-order valence-corrected chi connectivity index (χ0v) is 18.2. The van der Waals surface area contributed by atoms with Crippen molar-refractivity contribution in [2.24, 2.45) is 0 Å². The van der Waals surface area contributed by atoms with E-state index in [1.165, 1.54) is 26.7 Å². The van der Waals surface area contributed by atoms with Gasteiger partial charge in [0.15, 0.2) is 0 Å². The van der Waals surface area contributed by atoms with E-state index in [4.69, 9.17) is 4.74 Å². The Labute approximate surface area is 173 Å². The highest BCUT2D eigenvalue weighted by molar-refractivity contribution is 7.90. The standard InChI is InChI=1S/C21H29N3O4S/c1-5-6-17-7-13-20(14-8-17)28-16-15-22-21(25)18-9-11-19(12-10-18)24(4)29(26,27)23(2)3/h7-14H,5-6,15-16H2,1-4H3,(H,22,25). The van der Waals surface area contributed by atoms with Gasteiger partial charge in [0.25, 0.3) is 5.91 Å².